The van der Waals surface area contributed by atoms with E-state index < -0.39 is 0 Å². The summed E-state index contributed by atoms with van der Waals surface area (Å²) in [7, 11) is 0. The number of unbranched alkanes of at least 4 members (excludes halogenated alkanes) is 3. The van der Waals surface area contributed by atoms with Gasteiger partial charge in [-0.3, -0.25) is 0 Å². The van der Waals surface area contributed by atoms with Gasteiger partial charge in [0.15, 0.2) is 0 Å². The largest absolute Gasteiger partial charge is 0.492 e. The van der Waals surface area contributed by atoms with Crippen LogP contribution >= 0.6 is 0 Å². The molecule has 1 N–H and O–H groups in total. The lowest BCUT2D eigenvalue weighted by atomic mass is 9.99. The Balaban J connectivity index is 2.10. The molecule has 1 unspecified atom stereocenters. The molecule has 0 saturated carbocycles. The van der Waals surface area contributed by atoms with Gasteiger partial charge in [0.1, 0.15) is 12.4 Å². The van der Waals surface area contributed by atoms with Crippen molar-refractivity contribution in [3.63, 3.8) is 0 Å². The Hall–Kier alpha value is -1.02. The van der Waals surface area contributed by atoms with Crippen LogP contribution in [0.5, 0.6) is 5.75 Å². The number of hydrogen-bond acceptors (Lipinski definition) is 2. The van der Waals surface area contributed by atoms with Gasteiger partial charge in [0.05, 0.1) is 0 Å². The van der Waals surface area contributed by atoms with Crippen molar-refractivity contribution in [2.75, 3.05) is 19.7 Å². The van der Waals surface area contributed by atoms with Crippen LogP contribution in [0.2, 0.25) is 0 Å². The molecule has 1 aromatic rings. The van der Waals surface area contributed by atoms with Crippen LogP contribution in [0.1, 0.15) is 64.4 Å². The van der Waals surface area contributed by atoms with E-state index in [0.717, 1.165) is 25.4 Å². The first kappa shape index (κ1) is 17.0. The van der Waals surface area contributed by atoms with Gasteiger partial charge in [0.2, 0.25) is 0 Å². The Bertz CT molecular complexity index is 334. The van der Waals surface area contributed by atoms with Crippen molar-refractivity contribution in [1.29, 1.82) is 0 Å². The number of nitrogens with one attached hydrogen (secondary N) is 1. The van der Waals surface area contributed by atoms with Crippen LogP contribution < -0.4 is 10.1 Å². The fourth-order valence-electron chi connectivity index (χ4n) is 2.17. The van der Waals surface area contributed by atoms with Crippen LogP contribution in [0, 0.1) is 0 Å². The summed E-state index contributed by atoms with van der Waals surface area (Å²) in [6.07, 6.45) is 6.44. The summed E-state index contributed by atoms with van der Waals surface area (Å²) >= 11 is 0. The Morgan fingerprint density at radius 3 is 2.40 bits per heavy atom. The van der Waals surface area contributed by atoms with E-state index in [4.69, 9.17) is 4.74 Å². The van der Waals surface area contributed by atoms with Crippen molar-refractivity contribution in [2.24, 2.45) is 0 Å². The lowest BCUT2D eigenvalue weighted by Gasteiger charge is -2.11. The van der Waals surface area contributed by atoms with Crippen LogP contribution in [0.4, 0.5) is 0 Å². The SMILES string of the molecule is CCCCCCNCCOc1ccc(C(C)CC)cc1. The predicted octanol–water partition coefficient (Wildman–Crippen LogP) is 4.75. The predicted molar refractivity (Wildman–Crippen MR) is 87.7 cm³/mol. The molecule has 0 spiro atoms. The minimum Gasteiger partial charge on any atom is -0.492 e. The minimum atomic E-state index is 0.633. The zero-order valence-electron chi connectivity index (χ0n) is 13.5. The van der Waals surface area contributed by atoms with Crippen molar-refractivity contribution in [3.8, 4) is 5.75 Å². The van der Waals surface area contributed by atoms with E-state index in [9.17, 15) is 0 Å². The summed E-state index contributed by atoms with van der Waals surface area (Å²) in [5.74, 6) is 1.61. The summed E-state index contributed by atoms with van der Waals surface area (Å²) < 4.78 is 5.74. The second-order valence-electron chi connectivity index (χ2n) is 5.54. The van der Waals surface area contributed by atoms with E-state index in [1.165, 1.54) is 37.7 Å². The number of rotatable bonds is 11. The van der Waals surface area contributed by atoms with E-state index >= 15 is 0 Å². The molecule has 1 rings (SSSR count). The Morgan fingerprint density at radius 1 is 1.00 bits per heavy atom. The molecule has 2 heteroatoms. The van der Waals surface area contributed by atoms with E-state index in [0.29, 0.717) is 5.92 Å². The quantitative estimate of drug-likeness (QED) is 0.589. The minimum absolute atomic E-state index is 0.633. The van der Waals surface area contributed by atoms with Crippen LogP contribution in [-0.2, 0) is 0 Å². The van der Waals surface area contributed by atoms with Gasteiger partial charge >= 0.3 is 0 Å². The maximum absolute atomic E-state index is 5.74. The summed E-state index contributed by atoms with van der Waals surface area (Å²) in [5, 5.41) is 3.43. The zero-order chi connectivity index (χ0) is 14.6. The number of benzene rings is 1. The standard InChI is InChI=1S/C18H31NO/c1-4-6-7-8-13-19-14-15-20-18-11-9-17(10-12-18)16(3)5-2/h9-12,16,19H,4-8,13-15H2,1-3H3. The van der Waals surface area contributed by atoms with Gasteiger partial charge in [-0.2, -0.15) is 0 Å². The lowest BCUT2D eigenvalue weighted by Crippen LogP contribution is -2.22. The third-order valence-corrected chi connectivity index (χ3v) is 3.82. The highest BCUT2D eigenvalue weighted by molar-refractivity contribution is 5.29. The summed E-state index contributed by atoms with van der Waals surface area (Å²) in [5.41, 5.74) is 1.40. The van der Waals surface area contributed by atoms with Gasteiger partial charge in [-0.25, -0.2) is 0 Å². The Labute approximate surface area is 124 Å². The molecule has 0 aliphatic heterocycles. The lowest BCUT2D eigenvalue weighted by molar-refractivity contribution is 0.313. The molecule has 2 nitrogen and oxygen atoms in total. The molecular formula is C18H31NO. The smallest absolute Gasteiger partial charge is 0.119 e. The summed E-state index contributed by atoms with van der Waals surface area (Å²) in [6.45, 7) is 9.51. The van der Waals surface area contributed by atoms with E-state index in [-0.39, 0.29) is 0 Å². The molecule has 0 saturated heterocycles. The van der Waals surface area contributed by atoms with Gasteiger partial charge in [-0.15, -0.1) is 0 Å². The fourth-order valence-corrected chi connectivity index (χ4v) is 2.17. The Morgan fingerprint density at radius 2 is 1.75 bits per heavy atom. The van der Waals surface area contributed by atoms with Crippen molar-refractivity contribution < 1.29 is 4.74 Å². The molecule has 114 valence electrons. The van der Waals surface area contributed by atoms with Gasteiger partial charge in [-0.1, -0.05) is 52.2 Å². The fraction of sp³-hybridized carbons (Fsp3) is 0.667. The van der Waals surface area contributed by atoms with Crippen molar-refractivity contribution in [1.82, 2.24) is 5.32 Å². The number of hydrogen-bond donors (Lipinski definition) is 1. The van der Waals surface area contributed by atoms with E-state index in [1.807, 2.05) is 0 Å². The first-order valence-corrected chi connectivity index (χ1v) is 8.21. The highest BCUT2D eigenvalue weighted by Gasteiger charge is 2.02. The van der Waals surface area contributed by atoms with Gasteiger partial charge in [0.25, 0.3) is 0 Å². The van der Waals surface area contributed by atoms with Crippen molar-refractivity contribution >= 4 is 0 Å². The van der Waals surface area contributed by atoms with E-state index in [2.05, 4.69) is 50.4 Å². The molecule has 0 aliphatic carbocycles. The van der Waals surface area contributed by atoms with Gasteiger partial charge < -0.3 is 10.1 Å². The molecule has 0 fully saturated rings. The Kier molecular flexibility index (Phi) is 9.14. The molecule has 0 aromatic heterocycles. The second-order valence-corrected chi connectivity index (χ2v) is 5.54. The van der Waals surface area contributed by atoms with Gasteiger partial charge in [0, 0.05) is 6.54 Å². The average molecular weight is 277 g/mol. The molecule has 0 bridgehead atoms. The normalized spacial score (nSPS) is 12.3. The maximum atomic E-state index is 5.74. The third-order valence-electron chi connectivity index (χ3n) is 3.82. The monoisotopic (exact) mass is 277 g/mol. The second kappa shape index (κ2) is 10.7. The molecule has 0 heterocycles. The van der Waals surface area contributed by atoms with E-state index in [1.54, 1.807) is 0 Å². The number of ether oxygens (including phenoxy) is 1. The summed E-state index contributed by atoms with van der Waals surface area (Å²) in [6, 6.07) is 8.54. The van der Waals surface area contributed by atoms with Crippen molar-refractivity contribution in [2.45, 2.75) is 58.8 Å². The van der Waals surface area contributed by atoms with Crippen LogP contribution in [0.25, 0.3) is 0 Å². The topological polar surface area (TPSA) is 21.3 Å². The summed E-state index contributed by atoms with van der Waals surface area (Å²) in [4.78, 5) is 0. The third kappa shape index (κ3) is 6.95. The molecule has 1 aromatic carbocycles. The highest BCUT2D eigenvalue weighted by atomic mass is 16.5. The highest BCUT2D eigenvalue weighted by Crippen LogP contribution is 2.21. The van der Waals surface area contributed by atoms with Crippen LogP contribution in [0.3, 0.4) is 0 Å². The molecular weight excluding hydrogens is 246 g/mol. The molecule has 1 atom stereocenters. The first-order chi connectivity index (χ1) is 9.77. The molecule has 0 amide bonds. The average Bonchev–Trinajstić information content (AvgIpc) is 2.50. The first-order valence-electron chi connectivity index (χ1n) is 8.21. The van der Waals surface area contributed by atoms with Crippen LogP contribution in [-0.4, -0.2) is 19.7 Å². The molecule has 20 heavy (non-hydrogen) atoms. The molecule has 0 aliphatic rings. The molecule has 0 radical (unpaired) electrons. The van der Waals surface area contributed by atoms with Gasteiger partial charge in [-0.05, 0) is 43.0 Å². The van der Waals surface area contributed by atoms with Crippen molar-refractivity contribution in [3.05, 3.63) is 29.8 Å². The van der Waals surface area contributed by atoms with Crippen LogP contribution in [0.15, 0.2) is 24.3 Å². The zero-order valence-corrected chi connectivity index (χ0v) is 13.5. The maximum Gasteiger partial charge on any atom is 0.119 e.